The number of carboxylic acid groups (broad SMARTS) is 1. The summed E-state index contributed by atoms with van der Waals surface area (Å²) >= 11 is 0. The van der Waals surface area contributed by atoms with Gasteiger partial charge in [0.1, 0.15) is 11.4 Å². The number of para-hydroxylation sites is 1. The normalized spacial score (nSPS) is 19.2. The number of nitrogens with zero attached hydrogens (tertiary/aromatic N) is 1. The van der Waals surface area contributed by atoms with Gasteiger partial charge in [-0.1, -0.05) is 18.2 Å². The molecule has 1 heterocycles. The molecular formula is C26H34N2O6. The van der Waals surface area contributed by atoms with Crippen molar-refractivity contribution in [3.05, 3.63) is 53.9 Å². The number of nitrogens with one attached hydrogen (secondary N) is 1. The highest BCUT2D eigenvalue weighted by molar-refractivity contribution is 5.85. The van der Waals surface area contributed by atoms with Crippen molar-refractivity contribution in [1.29, 1.82) is 0 Å². The largest absolute Gasteiger partial charge is 0.479 e. The minimum Gasteiger partial charge on any atom is -0.479 e. The van der Waals surface area contributed by atoms with Crippen LogP contribution >= 0.6 is 0 Å². The summed E-state index contributed by atoms with van der Waals surface area (Å²) in [6.07, 6.45) is 3.90. The third-order valence-electron chi connectivity index (χ3n) is 5.67. The van der Waals surface area contributed by atoms with Crippen LogP contribution in [0.1, 0.15) is 70.6 Å². The van der Waals surface area contributed by atoms with Crippen LogP contribution in [0.3, 0.4) is 0 Å². The number of anilines is 1. The lowest BCUT2D eigenvalue weighted by atomic mass is 9.82. The van der Waals surface area contributed by atoms with Gasteiger partial charge in [0, 0.05) is 6.20 Å². The zero-order chi connectivity index (χ0) is 24.7. The van der Waals surface area contributed by atoms with Crippen LogP contribution in [0.15, 0.2) is 42.6 Å². The van der Waals surface area contributed by atoms with Crippen LogP contribution in [-0.2, 0) is 20.9 Å². The average Bonchev–Trinajstić information content (AvgIpc) is 2.78. The van der Waals surface area contributed by atoms with Crippen LogP contribution in [0.2, 0.25) is 0 Å². The molecule has 1 amide bonds. The summed E-state index contributed by atoms with van der Waals surface area (Å²) < 4.78 is 17.2. The van der Waals surface area contributed by atoms with Crippen molar-refractivity contribution in [2.75, 3.05) is 5.32 Å². The van der Waals surface area contributed by atoms with E-state index in [2.05, 4.69) is 10.3 Å². The Balaban J connectivity index is 1.55. The lowest BCUT2D eigenvalue weighted by Crippen LogP contribution is -2.28. The molecule has 0 saturated heterocycles. The molecule has 0 unspecified atom stereocenters. The molecular weight excluding hydrogens is 436 g/mol. The first-order chi connectivity index (χ1) is 16.1. The van der Waals surface area contributed by atoms with E-state index in [0.717, 1.165) is 31.2 Å². The zero-order valence-electron chi connectivity index (χ0n) is 20.2. The van der Waals surface area contributed by atoms with Crippen molar-refractivity contribution in [3.8, 4) is 5.75 Å². The first kappa shape index (κ1) is 25.5. The minimum atomic E-state index is -0.984. The number of carbonyl (C=O) groups is 2. The number of rotatable bonds is 8. The predicted octanol–water partition coefficient (Wildman–Crippen LogP) is 5.52. The maximum absolute atomic E-state index is 12.1. The first-order valence-corrected chi connectivity index (χ1v) is 11.7. The van der Waals surface area contributed by atoms with Crippen LogP contribution in [0.5, 0.6) is 5.75 Å². The van der Waals surface area contributed by atoms with Crippen LogP contribution in [-0.4, -0.2) is 40.0 Å². The number of carbonyl (C=O) groups excluding carboxylic acids is 1. The lowest BCUT2D eigenvalue weighted by Gasteiger charge is -2.30. The topological polar surface area (TPSA) is 107 Å². The number of benzene rings is 1. The highest BCUT2D eigenvalue weighted by atomic mass is 16.6. The van der Waals surface area contributed by atoms with Crippen LogP contribution < -0.4 is 10.1 Å². The molecule has 0 spiro atoms. The molecule has 2 aromatic rings. The van der Waals surface area contributed by atoms with E-state index in [1.54, 1.807) is 18.3 Å². The fraction of sp³-hybridized carbons (Fsp3) is 0.500. The Morgan fingerprint density at radius 2 is 1.82 bits per heavy atom. The summed E-state index contributed by atoms with van der Waals surface area (Å²) in [5.74, 6) is -0.0636. The molecule has 2 N–H and O–H groups in total. The van der Waals surface area contributed by atoms with E-state index in [4.69, 9.17) is 14.2 Å². The maximum Gasteiger partial charge on any atom is 0.412 e. The summed E-state index contributed by atoms with van der Waals surface area (Å²) in [6.45, 7) is 7.26. The Labute approximate surface area is 200 Å². The van der Waals surface area contributed by atoms with E-state index in [1.165, 1.54) is 6.92 Å². The second kappa shape index (κ2) is 11.3. The van der Waals surface area contributed by atoms with Crippen molar-refractivity contribution in [3.63, 3.8) is 0 Å². The Morgan fingerprint density at radius 1 is 1.12 bits per heavy atom. The third-order valence-corrected chi connectivity index (χ3v) is 5.67. The van der Waals surface area contributed by atoms with Gasteiger partial charge < -0.3 is 19.3 Å². The highest BCUT2D eigenvalue weighted by Gasteiger charge is 2.26. The number of ether oxygens (including phenoxy) is 3. The van der Waals surface area contributed by atoms with Gasteiger partial charge in [0.05, 0.1) is 24.1 Å². The Morgan fingerprint density at radius 3 is 2.50 bits per heavy atom. The molecule has 34 heavy (non-hydrogen) atoms. The number of pyridine rings is 1. The van der Waals surface area contributed by atoms with E-state index in [1.807, 2.05) is 45.0 Å². The van der Waals surface area contributed by atoms with Gasteiger partial charge in [-0.15, -0.1) is 0 Å². The number of hydrogen-bond acceptors (Lipinski definition) is 6. The summed E-state index contributed by atoms with van der Waals surface area (Å²) in [5.41, 5.74) is 1.68. The zero-order valence-corrected chi connectivity index (χ0v) is 20.2. The molecule has 184 valence electrons. The van der Waals surface area contributed by atoms with Gasteiger partial charge in [-0.2, -0.15) is 0 Å². The second-order valence-corrected chi connectivity index (χ2v) is 9.55. The molecule has 1 aliphatic carbocycles. The van der Waals surface area contributed by atoms with Crippen molar-refractivity contribution in [1.82, 2.24) is 4.98 Å². The molecule has 3 rings (SSSR count). The number of carboxylic acids is 1. The molecule has 1 saturated carbocycles. The Bertz CT molecular complexity index is 979. The summed E-state index contributed by atoms with van der Waals surface area (Å²) in [7, 11) is 0. The summed E-state index contributed by atoms with van der Waals surface area (Å²) in [5, 5.41) is 11.9. The van der Waals surface area contributed by atoms with E-state index in [-0.39, 0.29) is 18.6 Å². The monoisotopic (exact) mass is 470 g/mol. The highest BCUT2D eigenvalue weighted by Crippen LogP contribution is 2.38. The van der Waals surface area contributed by atoms with E-state index >= 15 is 0 Å². The van der Waals surface area contributed by atoms with Crippen molar-refractivity contribution < 1.29 is 28.9 Å². The molecule has 1 fully saturated rings. The van der Waals surface area contributed by atoms with Crippen LogP contribution in [0.4, 0.5) is 10.5 Å². The molecule has 8 heteroatoms. The fourth-order valence-electron chi connectivity index (χ4n) is 3.98. The van der Waals surface area contributed by atoms with Crippen molar-refractivity contribution >= 4 is 17.7 Å². The van der Waals surface area contributed by atoms with Crippen molar-refractivity contribution in [2.45, 2.75) is 83.7 Å². The molecule has 1 aromatic carbocycles. The molecule has 1 aliphatic rings. The summed E-state index contributed by atoms with van der Waals surface area (Å²) in [4.78, 5) is 27.7. The van der Waals surface area contributed by atoms with Crippen LogP contribution in [0, 0.1) is 0 Å². The first-order valence-electron chi connectivity index (χ1n) is 11.7. The smallest absolute Gasteiger partial charge is 0.412 e. The molecule has 8 nitrogen and oxygen atoms in total. The van der Waals surface area contributed by atoms with E-state index < -0.39 is 23.8 Å². The fourth-order valence-corrected chi connectivity index (χ4v) is 3.98. The summed E-state index contributed by atoms with van der Waals surface area (Å²) in [6, 6.07) is 11.2. The maximum atomic E-state index is 12.1. The molecule has 0 radical (unpaired) electrons. The van der Waals surface area contributed by atoms with Crippen molar-refractivity contribution in [2.24, 2.45) is 0 Å². The van der Waals surface area contributed by atoms with Gasteiger partial charge in [0.15, 0.2) is 6.10 Å². The molecule has 1 atom stereocenters. The van der Waals surface area contributed by atoms with Gasteiger partial charge >= 0.3 is 12.1 Å². The predicted molar refractivity (Wildman–Crippen MR) is 128 cm³/mol. The van der Waals surface area contributed by atoms with Gasteiger partial charge in [-0.3, -0.25) is 10.3 Å². The van der Waals surface area contributed by atoms with Crippen LogP contribution in [0.25, 0.3) is 0 Å². The lowest BCUT2D eigenvalue weighted by molar-refractivity contribution is -0.144. The van der Waals surface area contributed by atoms with Gasteiger partial charge in [0.25, 0.3) is 0 Å². The number of aliphatic carboxylic acids is 1. The van der Waals surface area contributed by atoms with E-state index in [9.17, 15) is 14.7 Å². The van der Waals surface area contributed by atoms with Gasteiger partial charge in [-0.25, -0.2) is 9.59 Å². The number of aromatic nitrogens is 1. The second-order valence-electron chi connectivity index (χ2n) is 9.55. The SMILES string of the molecule is C[C@@H](Oc1ccccc1C1CCC(OCc2ncccc2NC(=O)OC(C)(C)C)CC1)C(=O)O. The molecule has 0 bridgehead atoms. The van der Waals surface area contributed by atoms with Gasteiger partial charge in [-0.05, 0) is 83.1 Å². The minimum absolute atomic E-state index is 0.0821. The average molecular weight is 471 g/mol. The van der Waals surface area contributed by atoms with E-state index in [0.29, 0.717) is 17.1 Å². The Hall–Kier alpha value is -3.13. The molecule has 0 aliphatic heterocycles. The van der Waals surface area contributed by atoms with Gasteiger partial charge in [0.2, 0.25) is 0 Å². The third kappa shape index (κ3) is 7.45. The Kier molecular flexibility index (Phi) is 8.50. The number of amides is 1. The number of hydrogen-bond donors (Lipinski definition) is 2. The quantitative estimate of drug-likeness (QED) is 0.523. The standard InChI is InChI=1S/C26H34N2O6/c1-17(24(29)30)33-23-10-6-5-8-20(23)18-11-13-19(14-12-18)32-16-22-21(9-7-15-27-22)28-25(31)34-26(2,3)4/h5-10,15,17-19H,11-14,16H2,1-4H3,(H,28,31)(H,29,30)/t17-,18?,19?/m1/s1. The molecule has 1 aromatic heterocycles.